The zero-order valence-electron chi connectivity index (χ0n) is 8.63. The Bertz CT molecular complexity index is 225. The summed E-state index contributed by atoms with van der Waals surface area (Å²) in [5.41, 5.74) is 1.44. The second-order valence-corrected chi connectivity index (χ2v) is 4.27. The fourth-order valence-corrected chi connectivity index (χ4v) is 2.18. The van der Waals surface area contributed by atoms with Gasteiger partial charge in [0, 0.05) is 19.4 Å². The smallest absolute Gasteiger partial charge is 0.133 e. The van der Waals surface area contributed by atoms with Crippen LogP contribution < -0.4 is 0 Å². The Hall–Kier alpha value is -0.630. The van der Waals surface area contributed by atoms with E-state index < -0.39 is 0 Å². The van der Waals surface area contributed by atoms with Crippen LogP contribution in [-0.2, 0) is 9.53 Å². The molecule has 78 valence electrons. The van der Waals surface area contributed by atoms with E-state index in [4.69, 9.17) is 4.74 Å². The molecule has 0 aromatic carbocycles. The van der Waals surface area contributed by atoms with Crippen LogP contribution in [0.4, 0.5) is 0 Å². The SMILES string of the molecule is O=C1CCC(=CC2CCCCO2)CC1. The highest BCUT2D eigenvalue weighted by molar-refractivity contribution is 5.80. The van der Waals surface area contributed by atoms with Crippen molar-refractivity contribution in [3.05, 3.63) is 11.6 Å². The molecule has 14 heavy (non-hydrogen) atoms. The first-order valence-electron chi connectivity index (χ1n) is 5.67. The molecule has 1 saturated heterocycles. The summed E-state index contributed by atoms with van der Waals surface area (Å²) in [4.78, 5) is 11.0. The van der Waals surface area contributed by atoms with E-state index in [0.717, 1.165) is 38.7 Å². The molecule has 1 unspecified atom stereocenters. The quantitative estimate of drug-likeness (QED) is 0.600. The molecular weight excluding hydrogens is 176 g/mol. The van der Waals surface area contributed by atoms with Crippen molar-refractivity contribution in [2.45, 2.75) is 51.0 Å². The lowest BCUT2D eigenvalue weighted by atomic mass is 9.92. The van der Waals surface area contributed by atoms with Crippen LogP contribution in [0.15, 0.2) is 11.6 Å². The molecule has 0 N–H and O–H groups in total. The molecule has 2 fully saturated rings. The first-order valence-corrected chi connectivity index (χ1v) is 5.67. The average Bonchev–Trinajstić information content (AvgIpc) is 2.23. The van der Waals surface area contributed by atoms with Crippen LogP contribution in [0.3, 0.4) is 0 Å². The molecule has 0 aromatic heterocycles. The van der Waals surface area contributed by atoms with Crippen LogP contribution in [0, 0.1) is 0 Å². The predicted molar refractivity (Wildman–Crippen MR) is 55.1 cm³/mol. The van der Waals surface area contributed by atoms with Crippen molar-refractivity contribution < 1.29 is 9.53 Å². The molecule has 2 rings (SSSR count). The zero-order valence-corrected chi connectivity index (χ0v) is 8.63. The molecule has 1 aliphatic carbocycles. The number of ether oxygens (including phenoxy) is 1. The van der Waals surface area contributed by atoms with Crippen molar-refractivity contribution in [2.75, 3.05) is 6.61 Å². The number of allylic oxidation sites excluding steroid dienone is 1. The third kappa shape index (κ3) is 2.68. The van der Waals surface area contributed by atoms with Crippen molar-refractivity contribution in [3.63, 3.8) is 0 Å². The van der Waals surface area contributed by atoms with Crippen LogP contribution in [0.25, 0.3) is 0 Å². The standard InChI is InChI=1S/C12H18O2/c13-11-6-4-10(5-7-11)9-12-3-1-2-8-14-12/h9,12H,1-8H2. The van der Waals surface area contributed by atoms with Crippen molar-refractivity contribution in [1.82, 2.24) is 0 Å². The van der Waals surface area contributed by atoms with Gasteiger partial charge in [0.1, 0.15) is 5.78 Å². The van der Waals surface area contributed by atoms with Gasteiger partial charge in [0.25, 0.3) is 0 Å². The summed E-state index contributed by atoms with van der Waals surface area (Å²) in [5.74, 6) is 0.423. The van der Waals surface area contributed by atoms with Crippen LogP contribution in [0.1, 0.15) is 44.9 Å². The highest BCUT2D eigenvalue weighted by atomic mass is 16.5. The summed E-state index contributed by atoms with van der Waals surface area (Å²) in [6.45, 7) is 0.910. The number of rotatable bonds is 1. The number of carbonyl (C=O) groups excluding carboxylic acids is 1. The number of Topliss-reactive ketones (excluding diaryl/α,β-unsaturated/α-hetero) is 1. The van der Waals surface area contributed by atoms with Gasteiger partial charge < -0.3 is 4.74 Å². The van der Waals surface area contributed by atoms with Gasteiger partial charge in [-0.05, 0) is 32.1 Å². The lowest BCUT2D eigenvalue weighted by molar-refractivity contribution is -0.119. The van der Waals surface area contributed by atoms with Gasteiger partial charge in [0.2, 0.25) is 0 Å². The maximum absolute atomic E-state index is 11.0. The minimum absolute atomic E-state index is 0.340. The van der Waals surface area contributed by atoms with E-state index in [1.54, 1.807) is 0 Å². The molecule has 1 heterocycles. The van der Waals surface area contributed by atoms with E-state index in [2.05, 4.69) is 6.08 Å². The van der Waals surface area contributed by atoms with Crippen LogP contribution in [0.2, 0.25) is 0 Å². The van der Waals surface area contributed by atoms with E-state index in [-0.39, 0.29) is 0 Å². The van der Waals surface area contributed by atoms with Gasteiger partial charge >= 0.3 is 0 Å². The Morgan fingerprint density at radius 3 is 2.57 bits per heavy atom. The third-order valence-electron chi connectivity index (χ3n) is 3.09. The summed E-state index contributed by atoms with van der Waals surface area (Å²) in [6.07, 6.45) is 9.70. The molecule has 0 spiro atoms. The molecule has 0 amide bonds. The Kier molecular flexibility index (Phi) is 3.35. The molecule has 2 nitrogen and oxygen atoms in total. The Morgan fingerprint density at radius 2 is 1.93 bits per heavy atom. The van der Waals surface area contributed by atoms with Gasteiger partial charge in [-0.3, -0.25) is 4.79 Å². The molecule has 0 aromatic rings. The van der Waals surface area contributed by atoms with E-state index in [1.807, 2.05) is 0 Å². The molecule has 2 aliphatic rings. The van der Waals surface area contributed by atoms with Crippen molar-refractivity contribution in [2.24, 2.45) is 0 Å². The minimum atomic E-state index is 0.340. The van der Waals surface area contributed by atoms with Gasteiger partial charge in [-0.25, -0.2) is 0 Å². The fourth-order valence-electron chi connectivity index (χ4n) is 2.18. The minimum Gasteiger partial charge on any atom is -0.374 e. The second-order valence-electron chi connectivity index (χ2n) is 4.27. The van der Waals surface area contributed by atoms with Crippen LogP contribution in [-0.4, -0.2) is 18.5 Å². The van der Waals surface area contributed by atoms with Crippen molar-refractivity contribution in [3.8, 4) is 0 Å². The van der Waals surface area contributed by atoms with Gasteiger partial charge in [-0.2, -0.15) is 0 Å². The van der Waals surface area contributed by atoms with Gasteiger partial charge in [0.15, 0.2) is 0 Å². The predicted octanol–water partition coefficient (Wildman–Crippen LogP) is 2.63. The average molecular weight is 194 g/mol. The van der Waals surface area contributed by atoms with E-state index in [1.165, 1.54) is 18.4 Å². The lowest BCUT2D eigenvalue weighted by Crippen LogP contribution is -2.18. The first-order chi connectivity index (χ1) is 6.84. The largest absolute Gasteiger partial charge is 0.374 e. The fraction of sp³-hybridized carbons (Fsp3) is 0.750. The first kappa shape index (κ1) is 9.91. The van der Waals surface area contributed by atoms with E-state index in [0.29, 0.717) is 11.9 Å². The Balaban J connectivity index is 1.86. The molecule has 1 saturated carbocycles. The van der Waals surface area contributed by atoms with Gasteiger partial charge in [-0.15, -0.1) is 0 Å². The highest BCUT2D eigenvalue weighted by Crippen LogP contribution is 2.23. The normalized spacial score (nSPS) is 29.0. The second kappa shape index (κ2) is 4.74. The molecule has 2 heteroatoms. The molecule has 0 radical (unpaired) electrons. The highest BCUT2D eigenvalue weighted by Gasteiger charge is 2.16. The number of hydrogen-bond acceptors (Lipinski definition) is 2. The monoisotopic (exact) mass is 194 g/mol. The summed E-state index contributed by atoms with van der Waals surface area (Å²) in [7, 11) is 0. The number of hydrogen-bond donors (Lipinski definition) is 0. The van der Waals surface area contributed by atoms with E-state index >= 15 is 0 Å². The summed E-state index contributed by atoms with van der Waals surface area (Å²) in [5, 5.41) is 0. The summed E-state index contributed by atoms with van der Waals surface area (Å²) >= 11 is 0. The number of carbonyl (C=O) groups is 1. The maximum Gasteiger partial charge on any atom is 0.133 e. The molecule has 1 atom stereocenters. The third-order valence-corrected chi connectivity index (χ3v) is 3.09. The summed E-state index contributed by atoms with van der Waals surface area (Å²) < 4.78 is 5.65. The van der Waals surface area contributed by atoms with Gasteiger partial charge in [-0.1, -0.05) is 11.6 Å². The molecular formula is C12H18O2. The zero-order chi connectivity index (χ0) is 9.80. The molecule has 1 aliphatic heterocycles. The maximum atomic E-state index is 11.0. The van der Waals surface area contributed by atoms with Crippen molar-refractivity contribution in [1.29, 1.82) is 0 Å². The van der Waals surface area contributed by atoms with E-state index in [9.17, 15) is 4.79 Å². The molecule has 0 bridgehead atoms. The van der Waals surface area contributed by atoms with Crippen molar-refractivity contribution >= 4 is 5.78 Å². The lowest BCUT2D eigenvalue weighted by Gasteiger charge is -2.22. The Labute approximate surface area is 85.3 Å². The van der Waals surface area contributed by atoms with Crippen LogP contribution >= 0.6 is 0 Å². The van der Waals surface area contributed by atoms with Gasteiger partial charge in [0.05, 0.1) is 6.10 Å². The van der Waals surface area contributed by atoms with Crippen LogP contribution in [0.5, 0.6) is 0 Å². The Morgan fingerprint density at radius 1 is 1.14 bits per heavy atom. The summed E-state index contributed by atoms with van der Waals surface area (Å²) in [6, 6.07) is 0. The number of ketones is 1. The topological polar surface area (TPSA) is 26.3 Å².